The first kappa shape index (κ1) is 24.2. The van der Waals surface area contributed by atoms with Crippen molar-refractivity contribution in [1.82, 2.24) is 9.88 Å². The predicted molar refractivity (Wildman–Crippen MR) is 118 cm³/mol. The van der Waals surface area contributed by atoms with Gasteiger partial charge in [-0.1, -0.05) is 0 Å². The first-order valence-electron chi connectivity index (χ1n) is 10.6. The third-order valence-electron chi connectivity index (χ3n) is 5.86. The van der Waals surface area contributed by atoms with Gasteiger partial charge in [0.05, 0.1) is 29.2 Å². The number of halogens is 3. The van der Waals surface area contributed by atoms with Crippen LogP contribution >= 0.6 is 0 Å². The van der Waals surface area contributed by atoms with E-state index < -0.39 is 11.7 Å². The molecular formula is C23H26F3N5O2. The number of hydrogen-bond acceptors (Lipinski definition) is 6. The minimum Gasteiger partial charge on any atom is -0.493 e. The van der Waals surface area contributed by atoms with Gasteiger partial charge in [-0.2, -0.15) is 18.4 Å². The predicted octanol–water partition coefficient (Wildman–Crippen LogP) is 4.29. The molecule has 0 unspecified atom stereocenters. The smallest absolute Gasteiger partial charge is 0.419 e. The van der Waals surface area contributed by atoms with Crippen molar-refractivity contribution in [2.24, 2.45) is 5.92 Å². The van der Waals surface area contributed by atoms with Crippen LogP contribution in [0.15, 0.2) is 24.3 Å². The topological polar surface area (TPSA) is 104 Å². The molecule has 1 aromatic heterocycles. The lowest BCUT2D eigenvalue weighted by Gasteiger charge is -2.31. The van der Waals surface area contributed by atoms with Crippen molar-refractivity contribution in [2.45, 2.75) is 32.4 Å². The summed E-state index contributed by atoms with van der Waals surface area (Å²) in [7, 11) is 1.60. The van der Waals surface area contributed by atoms with Gasteiger partial charge in [0.2, 0.25) is 5.91 Å². The summed E-state index contributed by atoms with van der Waals surface area (Å²) in [4.78, 5) is 17.3. The fourth-order valence-electron chi connectivity index (χ4n) is 3.90. The second kappa shape index (κ2) is 9.98. The highest BCUT2D eigenvalue weighted by atomic mass is 19.4. The first-order chi connectivity index (χ1) is 15.6. The van der Waals surface area contributed by atoms with Crippen LogP contribution in [0.25, 0.3) is 11.3 Å². The third-order valence-corrected chi connectivity index (χ3v) is 5.86. The van der Waals surface area contributed by atoms with Gasteiger partial charge in [0.1, 0.15) is 11.8 Å². The number of nitriles is 1. The number of amides is 1. The van der Waals surface area contributed by atoms with Crippen LogP contribution in [0.5, 0.6) is 5.75 Å². The molecule has 1 aromatic carbocycles. The quantitative estimate of drug-likeness (QED) is 0.665. The van der Waals surface area contributed by atoms with Crippen LogP contribution in [-0.2, 0) is 11.0 Å². The number of carbonyl (C=O) groups is 1. The molecule has 10 heteroatoms. The molecule has 1 saturated heterocycles. The number of hydrogen-bond donors (Lipinski definition) is 2. The van der Waals surface area contributed by atoms with E-state index in [-0.39, 0.29) is 40.9 Å². The number of alkyl halides is 3. The van der Waals surface area contributed by atoms with E-state index in [4.69, 9.17) is 10.5 Å². The van der Waals surface area contributed by atoms with Crippen molar-refractivity contribution >= 4 is 17.3 Å². The third kappa shape index (κ3) is 5.66. The van der Waals surface area contributed by atoms with Crippen molar-refractivity contribution in [3.05, 3.63) is 35.5 Å². The van der Waals surface area contributed by atoms with E-state index in [9.17, 15) is 23.2 Å². The maximum absolute atomic E-state index is 13.8. The molecule has 0 spiro atoms. The maximum Gasteiger partial charge on any atom is 0.419 e. The summed E-state index contributed by atoms with van der Waals surface area (Å²) in [6, 6.07) is 7.09. The molecule has 3 rings (SSSR count). The number of nitrogen functional groups attached to an aromatic ring is 1. The van der Waals surface area contributed by atoms with Gasteiger partial charge in [0.15, 0.2) is 5.69 Å². The fraction of sp³-hybridized carbons (Fsp3) is 0.435. The number of benzene rings is 1. The van der Waals surface area contributed by atoms with Gasteiger partial charge in [0.25, 0.3) is 0 Å². The van der Waals surface area contributed by atoms with Crippen molar-refractivity contribution in [2.75, 3.05) is 37.8 Å². The van der Waals surface area contributed by atoms with Gasteiger partial charge in [-0.25, -0.2) is 4.98 Å². The van der Waals surface area contributed by atoms with Crippen molar-refractivity contribution in [1.29, 1.82) is 5.26 Å². The Kier molecular flexibility index (Phi) is 7.31. The molecule has 1 aliphatic rings. The maximum atomic E-state index is 13.8. The second-order valence-corrected chi connectivity index (χ2v) is 7.97. The highest BCUT2D eigenvalue weighted by molar-refractivity contribution is 5.77. The van der Waals surface area contributed by atoms with Gasteiger partial charge in [0, 0.05) is 32.6 Å². The second-order valence-electron chi connectivity index (χ2n) is 7.97. The monoisotopic (exact) mass is 461 g/mol. The summed E-state index contributed by atoms with van der Waals surface area (Å²) in [6.45, 7) is 3.01. The summed E-state index contributed by atoms with van der Waals surface area (Å²) in [6.07, 6.45) is -2.39. The number of likely N-dealkylation sites (tertiary alicyclic amines) is 1. The van der Waals surface area contributed by atoms with Crippen LogP contribution in [0.3, 0.4) is 0 Å². The lowest BCUT2D eigenvalue weighted by molar-refractivity contribution is -0.139. The average molecular weight is 461 g/mol. The fourth-order valence-corrected chi connectivity index (χ4v) is 3.90. The Bertz CT molecular complexity index is 1060. The Labute approximate surface area is 190 Å². The number of pyridine rings is 1. The number of aromatic nitrogens is 1. The number of piperidine rings is 1. The molecule has 2 heterocycles. The molecule has 0 atom stereocenters. The normalized spacial score (nSPS) is 14.6. The molecule has 1 fully saturated rings. The molecule has 0 aliphatic carbocycles. The zero-order chi connectivity index (χ0) is 24.2. The highest BCUT2D eigenvalue weighted by Crippen LogP contribution is 2.39. The van der Waals surface area contributed by atoms with E-state index >= 15 is 0 Å². The van der Waals surface area contributed by atoms with E-state index in [2.05, 4.69) is 10.3 Å². The number of carbonyl (C=O) groups excluding carboxylic acids is 1. The standard InChI is InChI=1S/C23H26F3N5O2/c1-14(32)31-8-5-15(6-9-31)7-10-33-21-4-3-16(11-17(21)23(24,25)26)18-12-19(29-2)22(28)20(13-27)30-18/h3-4,11-12,15H,5-10,28H2,1-2H3,(H,29,30). The van der Waals surface area contributed by atoms with Crippen molar-refractivity contribution < 1.29 is 22.7 Å². The Morgan fingerprint density at radius 1 is 1.33 bits per heavy atom. The minimum atomic E-state index is -4.63. The lowest BCUT2D eigenvalue weighted by Crippen LogP contribution is -2.37. The van der Waals surface area contributed by atoms with Crippen LogP contribution in [-0.4, -0.2) is 42.5 Å². The van der Waals surface area contributed by atoms with Crippen LogP contribution < -0.4 is 15.8 Å². The van der Waals surface area contributed by atoms with E-state index in [0.29, 0.717) is 31.1 Å². The SMILES string of the molecule is CNc1cc(-c2ccc(OCCC3CCN(C(C)=O)CC3)c(C(F)(F)F)c2)nc(C#N)c1N. The molecule has 2 aromatic rings. The molecule has 0 bridgehead atoms. The van der Waals surface area contributed by atoms with Crippen LogP contribution in [0.1, 0.15) is 37.4 Å². The molecule has 1 amide bonds. The van der Waals surface area contributed by atoms with E-state index in [1.807, 2.05) is 6.07 Å². The molecule has 0 radical (unpaired) electrons. The first-order valence-corrected chi connectivity index (χ1v) is 10.6. The van der Waals surface area contributed by atoms with Crippen LogP contribution in [0, 0.1) is 17.2 Å². The van der Waals surface area contributed by atoms with Gasteiger partial charge in [-0.3, -0.25) is 4.79 Å². The molecule has 33 heavy (non-hydrogen) atoms. The molecule has 176 valence electrons. The molecule has 7 nitrogen and oxygen atoms in total. The zero-order valence-electron chi connectivity index (χ0n) is 18.5. The van der Waals surface area contributed by atoms with Gasteiger partial charge in [-0.05, 0) is 49.4 Å². The van der Waals surface area contributed by atoms with Gasteiger partial charge >= 0.3 is 6.18 Å². The Morgan fingerprint density at radius 3 is 2.61 bits per heavy atom. The van der Waals surface area contributed by atoms with Gasteiger partial charge < -0.3 is 20.7 Å². The number of anilines is 2. The van der Waals surface area contributed by atoms with E-state index in [1.165, 1.54) is 25.1 Å². The Morgan fingerprint density at radius 2 is 2.03 bits per heavy atom. The van der Waals surface area contributed by atoms with E-state index in [0.717, 1.165) is 18.9 Å². The van der Waals surface area contributed by atoms with Crippen LogP contribution in [0.4, 0.5) is 24.5 Å². The number of nitrogens with two attached hydrogens (primary N) is 1. The summed E-state index contributed by atoms with van der Waals surface area (Å²) in [5.41, 5.74) is 5.80. The van der Waals surface area contributed by atoms with Crippen molar-refractivity contribution in [3.8, 4) is 23.1 Å². The Hall–Kier alpha value is -3.48. The highest BCUT2D eigenvalue weighted by Gasteiger charge is 2.35. The summed E-state index contributed by atoms with van der Waals surface area (Å²) >= 11 is 0. The molecule has 3 N–H and O–H groups in total. The minimum absolute atomic E-state index is 0.0407. The van der Waals surface area contributed by atoms with Crippen molar-refractivity contribution in [3.63, 3.8) is 0 Å². The number of rotatable bonds is 6. The number of nitrogens with one attached hydrogen (secondary N) is 1. The summed E-state index contributed by atoms with van der Waals surface area (Å²) < 4.78 is 46.9. The largest absolute Gasteiger partial charge is 0.493 e. The van der Waals surface area contributed by atoms with Gasteiger partial charge in [-0.15, -0.1) is 0 Å². The summed E-state index contributed by atoms with van der Waals surface area (Å²) in [5.74, 6) is 0.0914. The molecular weight excluding hydrogens is 435 g/mol. The average Bonchev–Trinajstić information content (AvgIpc) is 2.79. The van der Waals surface area contributed by atoms with E-state index in [1.54, 1.807) is 11.9 Å². The lowest BCUT2D eigenvalue weighted by atomic mass is 9.94. The molecule has 0 saturated carbocycles. The molecule has 1 aliphatic heterocycles. The van der Waals surface area contributed by atoms with Crippen LogP contribution in [0.2, 0.25) is 0 Å². The number of nitrogens with zero attached hydrogens (tertiary/aromatic N) is 3. The zero-order valence-corrected chi connectivity index (χ0v) is 18.5. The summed E-state index contributed by atoms with van der Waals surface area (Å²) in [5, 5.41) is 12.1. The Balaban J connectivity index is 1.77. The number of ether oxygens (including phenoxy) is 1.